The Labute approximate surface area is 120 Å². The Bertz CT molecular complexity index is 436. The zero-order chi connectivity index (χ0) is 14.1. The highest BCUT2D eigenvalue weighted by Crippen LogP contribution is 2.36. The molecule has 0 aromatic heterocycles. The zero-order valence-electron chi connectivity index (χ0n) is 12.2. The summed E-state index contributed by atoms with van der Waals surface area (Å²) in [5, 5.41) is 7.74. The van der Waals surface area contributed by atoms with E-state index in [4.69, 9.17) is 15.1 Å². The van der Waals surface area contributed by atoms with Gasteiger partial charge in [-0.05, 0) is 51.4 Å². The second-order valence-corrected chi connectivity index (χ2v) is 6.58. The normalized spacial score (nSPS) is 37.6. The lowest BCUT2D eigenvalue weighted by Gasteiger charge is -2.35. The predicted molar refractivity (Wildman–Crippen MR) is 78.1 cm³/mol. The van der Waals surface area contributed by atoms with Crippen molar-refractivity contribution in [2.45, 2.75) is 64.3 Å². The van der Waals surface area contributed by atoms with Gasteiger partial charge in [0.2, 0.25) is 0 Å². The standard InChI is InChI=1S/C16H24N2O2/c1-10(17)11-6-8-12(9-7-11)15-18-14-5-3-2-4-13(14)16(19)20-15/h11-14,17H,2-9H2,1H3. The minimum atomic E-state index is -0.0370. The molecule has 2 atom stereocenters. The van der Waals surface area contributed by atoms with Crippen LogP contribution in [0.2, 0.25) is 0 Å². The first kappa shape index (κ1) is 13.8. The van der Waals surface area contributed by atoms with E-state index >= 15 is 0 Å². The Morgan fingerprint density at radius 2 is 1.85 bits per heavy atom. The summed E-state index contributed by atoms with van der Waals surface area (Å²) in [7, 11) is 0. The molecule has 1 heterocycles. The van der Waals surface area contributed by atoms with E-state index in [-0.39, 0.29) is 17.9 Å². The maximum Gasteiger partial charge on any atom is 0.317 e. The monoisotopic (exact) mass is 276 g/mol. The number of nitrogens with zero attached hydrogens (tertiary/aromatic N) is 1. The highest BCUT2D eigenvalue weighted by molar-refractivity contribution is 5.94. The molecule has 0 amide bonds. The molecule has 0 aromatic carbocycles. The van der Waals surface area contributed by atoms with Crippen LogP contribution in [0.1, 0.15) is 58.3 Å². The number of carbonyl (C=O) groups excluding carboxylic acids is 1. The summed E-state index contributed by atoms with van der Waals surface area (Å²) in [5.74, 6) is 1.42. The number of carbonyl (C=O) groups is 1. The van der Waals surface area contributed by atoms with Gasteiger partial charge in [-0.1, -0.05) is 12.8 Å². The van der Waals surface area contributed by atoms with Crippen molar-refractivity contribution in [3.8, 4) is 0 Å². The van der Waals surface area contributed by atoms with Gasteiger partial charge in [-0.15, -0.1) is 0 Å². The molecule has 0 bridgehead atoms. The summed E-state index contributed by atoms with van der Waals surface area (Å²) < 4.78 is 5.55. The number of nitrogens with one attached hydrogen (secondary N) is 1. The molecule has 1 aliphatic heterocycles. The highest BCUT2D eigenvalue weighted by Gasteiger charge is 2.39. The Morgan fingerprint density at radius 1 is 1.15 bits per heavy atom. The first-order chi connectivity index (χ1) is 9.65. The van der Waals surface area contributed by atoms with Gasteiger partial charge < -0.3 is 10.1 Å². The smallest absolute Gasteiger partial charge is 0.317 e. The molecule has 1 N–H and O–H groups in total. The quantitative estimate of drug-likeness (QED) is 0.621. The Kier molecular flexibility index (Phi) is 3.90. The molecule has 2 fully saturated rings. The molecule has 2 aliphatic carbocycles. The lowest BCUT2D eigenvalue weighted by molar-refractivity contribution is -0.143. The van der Waals surface area contributed by atoms with Gasteiger partial charge >= 0.3 is 5.97 Å². The van der Waals surface area contributed by atoms with Crippen molar-refractivity contribution < 1.29 is 9.53 Å². The number of rotatable bonds is 2. The van der Waals surface area contributed by atoms with Crippen molar-refractivity contribution in [1.82, 2.24) is 0 Å². The highest BCUT2D eigenvalue weighted by atomic mass is 16.5. The van der Waals surface area contributed by atoms with Crippen molar-refractivity contribution in [2.75, 3.05) is 0 Å². The van der Waals surface area contributed by atoms with Crippen LogP contribution in [0, 0.1) is 23.2 Å². The van der Waals surface area contributed by atoms with Crippen LogP contribution in [0.5, 0.6) is 0 Å². The maximum atomic E-state index is 12.1. The second-order valence-electron chi connectivity index (χ2n) is 6.58. The van der Waals surface area contributed by atoms with Crippen molar-refractivity contribution in [2.24, 2.45) is 22.7 Å². The molecule has 4 heteroatoms. The maximum absolute atomic E-state index is 12.1. The van der Waals surface area contributed by atoms with Crippen LogP contribution in [-0.4, -0.2) is 23.6 Å². The van der Waals surface area contributed by atoms with Crippen LogP contribution in [0.15, 0.2) is 4.99 Å². The molecule has 0 saturated heterocycles. The molecule has 20 heavy (non-hydrogen) atoms. The van der Waals surface area contributed by atoms with E-state index in [9.17, 15) is 4.79 Å². The molecular formula is C16H24N2O2. The van der Waals surface area contributed by atoms with Crippen molar-refractivity contribution in [1.29, 1.82) is 5.41 Å². The van der Waals surface area contributed by atoms with E-state index in [1.54, 1.807) is 0 Å². The van der Waals surface area contributed by atoms with Crippen molar-refractivity contribution in [3.05, 3.63) is 0 Å². The fourth-order valence-corrected chi connectivity index (χ4v) is 3.87. The SMILES string of the molecule is CC(=N)C1CCC(C2=NC3CCCCC3C(=O)O2)CC1. The number of aliphatic imine (C=N–C) groups is 1. The molecule has 4 nitrogen and oxygen atoms in total. The van der Waals surface area contributed by atoms with E-state index in [0.717, 1.165) is 50.7 Å². The second kappa shape index (κ2) is 5.66. The number of hydrogen-bond donors (Lipinski definition) is 1. The van der Waals surface area contributed by atoms with E-state index < -0.39 is 0 Å². The Balaban J connectivity index is 1.67. The molecule has 2 saturated carbocycles. The first-order valence-corrected chi connectivity index (χ1v) is 7.99. The molecule has 110 valence electrons. The summed E-state index contributed by atoms with van der Waals surface area (Å²) >= 11 is 0. The Hall–Kier alpha value is -1.19. The average molecular weight is 276 g/mol. The third-order valence-electron chi connectivity index (χ3n) is 5.22. The van der Waals surface area contributed by atoms with E-state index in [1.807, 2.05) is 6.92 Å². The van der Waals surface area contributed by atoms with Crippen LogP contribution in [-0.2, 0) is 9.53 Å². The molecular weight excluding hydrogens is 252 g/mol. The topological polar surface area (TPSA) is 62.5 Å². The number of hydrogen-bond acceptors (Lipinski definition) is 4. The lowest BCUT2D eigenvalue weighted by atomic mass is 9.79. The van der Waals surface area contributed by atoms with Gasteiger partial charge in [0.05, 0.1) is 12.0 Å². The first-order valence-electron chi connectivity index (χ1n) is 7.99. The fourth-order valence-electron chi connectivity index (χ4n) is 3.87. The summed E-state index contributed by atoms with van der Waals surface area (Å²) in [5.41, 5.74) is 0.790. The summed E-state index contributed by atoms with van der Waals surface area (Å²) in [6, 6.07) is 0.183. The molecule has 0 aromatic rings. The van der Waals surface area contributed by atoms with Gasteiger partial charge in [-0.3, -0.25) is 9.79 Å². The number of esters is 1. The minimum absolute atomic E-state index is 0.0210. The third-order valence-corrected chi connectivity index (χ3v) is 5.22. The molecule has 3 aliphatic rings. The largest absolute Gasteiger partial charge is 0.411 e. The summed E-state index contributed by atoms with van der Waals surface area (Å²) in [6.07, 6.45) is 8.37. The number of ether oxygens (including phenoxy) is 1. The summed E-state index contributed by atoms with van der Waals surface area (Å²) in [6.45, 7) is 1.90. The van der Waals surface area contributed by atoms with E-state index in [1.165, 1.54) is 6.42 Å². The van der Waals surface area contributed by atoms with Crippen LogP contribution in [0.3, 0.4) is 0 Å². The van der Waals surface area contributed by atoms with Crippen molar-refractivity contribution in [3.63, 3.8) is 0 Å². The Morgan fingerprint density at radius 3 is 2.55 bits per heavy atom. The van der Waals surface area contributed by atoms with Crippen molar-refractivity contribution >= 4 is 17.6 Å². The van der Waals surface area contributed by atoms with Crippen LogP contribution in [0.25, 0.3) is 0 Å². The molecule has 2 unspecified atom stereocenters. The van der Waals surface area contributed by atoms with Gasteiger partial charge in [-0.25, -0.2) is 0 Å². The van der Waals surface area contributed by atoms with Gasteiger partial charge in [0.15, 0.2) is 5.90 Å². The fraction of sp³-hybridized carbons (Fsp3) is 0.812. The zero-order valence-corrected chi connectivity index (χ0v) is 12.2. The summed E-state index contributed by atoms with van der Waals surface area (Å²) in [4.78, 5) is 16.9. The average Bonchev–Trinajstić information content (AvgIpc) is 2.47. The molecule has 0 radical (unpaired) electrons. The molecule has 0 spiro atoms. The third kappa shape index (κ3) is 2.65. The van der Waals surface area contributed by atoms with Crippen LogP contribution < -0.4 is 0 Å². The predicted octanol–water partition coefficient (Wildman–Crippen LogP) is 3.35. The minimum Gasteiger partial charge on any atom is -0.411 e. The molecule has 3 rings (SSSR count). The number of cyclic esters (lactones) is 1. The van der Waals surface area contributed by atoms with E-state index in [0.29, 0.717) is 17.7 Å². The van der Waals surface area contributed by atoms with Gasteiger partial charge in [0, 0.05) is 11.6 Å². The van der Waals surface area contributed by atoms with E-state index in [2.05, 4.69) is 0 Å². The van der Waals surface area contributed by atoms with Gasteiger partial charge in [-0.2, -0.15) is 0 Å². The van der Waals surface area contributed by atoms with Gasteiger partial charge in [0.25, 0.3) is 0 Å². The number of fused-ring (bicyclic) bond motifs is 1. The van der Waals surface area contributed by atoms with Crippen LogP contribution in [0.4, 0.5) is 0 Å². The van der Waals surface area contributed by atoms with Gasteiger partial charge in [0.1, 0.15) is 0 Å². The lowest BCUT2D eigenvalue weighted by Crippen LogP contribution is -2.41. The van der Waals surface area contributed by atoms with Crippen LogP contribution >= 0.6 is 0 Å².